The summed E-state index contributed by atoms with van der Waals surface area (Å²) in [5.74, 6) is 1.64. The van der Waals surface area contributed by atoms with Crippen LogP contribution in [0.25, 0.3) is 0 Å². The molecule has 1 spiro atoms. The van der Waals surface area contributed by atoms with Crippen LogP contribution >= 0.6 is 0 Å². The van der Waals surface area contributed by atoms with E-state index in [1.165, 1.54) is 6.33 Å². The molecular weight excluding hydrogens is 424 g/mol. The third kappa shape index (κ3) is 3.84. The van der Waals surface area contributed by atoms with E-state index in [0.717, 1.165) is 42.4 Å². The number of carbonyl (C=O) groups excluding carboxylic acids is 1. The van der Waals surface area contributed by atoms with Crippen molar-refractivity contribution in [2.24, 2.45) is 0 Å². The Labute approximate surface area is 190 Å². The summed E-state index contributed by atoms with van der Waals surface area (Å²) >= 11 is 0. The first-order valence-corrected chi connectivity index (χ1v) is 11.1. The predicted molar refractivity (Wildman–Crippen MR) is 120 cm³/mol. The van der Waals surface area contributed by atoms with Crippen molar-refractivity contribution in [2.75, 3.05) is 17.2 Å². The van der Waals surface area contributed by atoms with Gasteiger partial charge in [-0.3, -0.25) is 9.48 Å². The average molecular weight is 451 g/mol. The molecule has 11 nitrogen and oxygen atoms in total. The molecule has 0 saturated heterocycles. The maximum absolute atomic E-state index is 13.4. The SMILES string of the molecule is Cc1cc(Nc2cc(Nc3ccn(CCO)n3)ncn2)[n+]([O-])c2c1C(=O)NC21CCCCC1. The molecule has 1 aliphatic heterocycles. The molecule has 4 N–H and O–H groups in total. The van der Waals surface area contributed by atoms with E-state index in [-0.39, 0.29) is 12.5 Å². The van der Waals surface area contributed by atoms with Crippen LogP contribution in [0.3, 0.4) is 0 Å². The summed E-state index contributed by atoms with van der Waals surface area (Å²) in [6, 6.07) is 5.13. The van der Waals surface area contributed by atoms with Crippen molar-refractivity contribution < 1.29 is 14.6 Å². The summed E-state index contributed by atoms with van der Waals surface area (Å²) in [5, 5.41) is 36.1. The largest absolute Gasteiger partial charge is 0.710 e. The van der Waals surface area contributed by atoms with Crippen LogP contribution in [-0.2, 0) is 12.1 Å². The zero-order chi connectivity index (χ0) is 23.0. The van der Waals surface area contributed by atoms with Crippen LogP contribution in [0.2, 0.25) is 0 Å². The summed E-state index contributed by atoms with van der Waals surface area (Å²) in [7, 11) is 0. The first-order chi connectivity index (χ1) is 16.0. The fourth-order valence-corrected chi connectivity index (χ4v) is 4.82. The van der Waals surface area contributed by atoms with Gasteiger partial charge in [-0.2, -0.15) is 10.1 Å². The molecule has 5 rings (SSSR count). The molecule has 0 radical (unpaired) electrons. The number of rotatable bonds is 6. The minimum atomic E-state index is -0.597. The van der Waals surface area contributed by atoms with Gasteiger partial charge in [-0.15, -0.1) is 0 Å². The Morgan fingerprint density at radius 1 is 1.18 bits per heavy atom. The fourth-order valence-electron chi connectivity index (χ4n) is 4.82. The molecule has 0 bridgehead atoms. The lowest BCUT2D eigenvalue weighted by molar-refractivity contribution is -0.603. The smallest absolute Gasteiger partial charge is 0.284 e. The van der Waals surface area contributed by atoms with E-state index in [0.29, 0.717) is 41.1 Å². The van der Waals surface area contributed by atoms with Crippen LogP contribution in [0.4, 0.5) is 23.3 Å². The van der Waals surface area contributed by atoms with Gasteiger partial charge in [0.15, 0.2) is 5.82 Å². The molecular formula is C22H26N8O3. The Morgan fingerprint density at radius 2 is 1.94 bits per heavy atom. The van der Waals surface area contributed by atoms with E-state index in [2.05, 4.69) is 31.0 Å². The van der Waals surface area contributed by atoms with E-state index >= 15 is 0 Å². The monoisotopic (exact) mass is 450 g/mol. The lowest BCUT2D eigenvalue weighted by Gasteiger charge is -2.34. The number of pyridine rings is 1. The molecule has 1 amide bonds. The summed E-state index contributed by atoms with van der Waals surface area (Å²) in [4.78, 5) is 21.2. The quantitative estimate of drug-likeness (QED) is 0.330. The van der Waals surface area contributed by atoms with Crippen molar-refractivity contribution in [2.45, 2.75) is 51.1 Å². The van der Waals surface area contributed by atoms with Crippen LogP contribution in [0, 0.1) is 12.1 Å². The highest BCUT2D eigenvalue weighted by Crippen LogP contribution is 2.42. The molecule has 1 fully saturated rings. The molecule has 2 aliphatic rings. The van der Waals surface area contributed by atoms with E-state index in [9.17, 15) is 10.0 Å². The number of hydrogen-bond donors (Lipinski definition) is 4. The van der Waals surface area contributed by atoms with Gasteiger partial charge in [0.05, 0.1) is 18.7 Å². The normalized spacial score (nSPS) is 16.5. The van der Waals surface area contributed by atoms with Crippen molar-refractivity contribution in [1.29, 1.82) is 0 Å². The predicted octanol–water partition coefficient (Wildman–Crippen LogP) is 2.00. The van der Waals surface area contributed by atoms with E-state index in [4.69, 9.17) is 5.11 Å². The van der Waals surface area contributed by atoms with Gasteiger partial charge in [-0.1, -0.05) is 19.3 Å². The highest BCUT2D eigenvalue weighted by molar-refractivity contribution is 6.00. The third-order valence-corrected chi connectivity index (χ3v) is 6.30. The Kier molecular flexibility index (Phi) is 5.33. The topological polar surface area (TPSA) is 144 Å². The first kappa shape index (κ1) is 21.1. The van der Waals surface area contributed by atoms with Crippen molar-refractivity contribution in [1.82, 2.24) is 25.1 Å². The van der Waals surface area contributed by atoms with Crippen LogP contribution in [0.15, 0.2) is 30.7 Å². The van der Waals surface area contributed by atoms with Gasteiger partial charge in [-0.25, -0.2) is 15.0 Å². The summed E-state index contributed by atoms with van der Waals surface area (Å²) in [5.41, 5.74) is 1.15. The van der Waals surface area contributed by atoms with Crippen molar-refractivity contribution in [3.05, 3.63) is 52.8 Å². The second kappa shape index (κ2) is 8.32. The molecule has 0 unspecified atom stereocenters. The van der Waals surface area contributed by atoms with Gasteiger partial charge in [-0.05, 0) is 25.3 Å². The molecule has 33 heavy (non-hydrogen) atoms. The molecule has 1 saturated carbocycles. The van der Waals surface area contributed by atoms with Gasteiger partial charge < -0.3 is 20.9 Å². The second-order valence-electron chi connectivity index (χ2n) is 8.55. The van der Waals surface area contributed by atoms with Crippen LogP contribution < -0.4 is 20.7 Å². The number of nitrogens with zero attached hydrogens (tertiary/aromatic N) is 5. The van der Waals surface area contributed by atoms with Crippen molar-refractivity contribution >= 4 is 29.2 Å². The van der Waals surface area contributed by atoms with Crippen LogP contribution in [-0.4, -0.2) is 37.4 Å². The molecule has 4 heterocycles. The molecule has 0 aromatic carbocycles. The standard InChI is InChI=1S/C22H26N8O3/c1-14-11-18(30(33)20-19(14)21(32)27-22(20)6-3-2-4-7-22)26-17-12-16(23-13-24-17)25-15-5-8-29(28-15)9-10-31/h5,8,11-13,31H,2-4,6-7,9-10H2,1H3,(H,27,32)(H2,23,24,25,26,28). The Balaban J connectivity index is 1.43. The fraction of sp³-hybridized carbons (Fsp3) is 0.409. The van der Waals surface area contributed by atoms with Gasteiger partial charge in [0, 0.05) is 24.4 Å². The number of nitrogens with one attached hydrogen (secondary N) is 3. The molecule has 3 aromatic rings. The highest BCUT2D eigenvalue weighted by Gasteiger charge is 2.48. The average Bonchev–Trinajstić information content (AvgIpc) is 3.34. The van der Waals surface area contributed by atoms with Crippen LogP contribution in [0.5, 0.6) is 0 Å². The van der Waals surface area contributed by atoms with Gasteiger partial charge in [0.25, 0.3) is 11.7 Å². The minimum Gasteiger partial charge on any atom is -0.710 e. The number of aromatic nitrogens is 5. The summed E-state index contributed by atoms with van der Waals surface area (Å²) in [6.07, 6.45) is 7.73. The molecule has 11 heteroatoms. The van der Waals surface area contributed by atoms with Crippen molar-refractivity contribution in [3.63, 3.8) is 0 Å². The number of hydrogen-bond acceptors (Lipinski definition) is 8. The first-order valence-electron chi connectivity index (χ1n) is 11.1. The molecule has 0 atom stereocenters. The summed E-state index contributed by atoms with van der Waals surface area (Å²) in [6.45, 7) is 2.25. The maximum Gasteiger partial charge on any atom is 0.284 e. The minimum absolute atomic E-state index is 0.000484. The maximum atomic E-state index is 13.4. The Bertz CT molecular complexity index is 1200. The zero-order valence-corrected chi connectivity index (χ0v) is 18.3. The Hall–Kier alpha value is -3.73. The summed E-state index contributed by atoms with van der Waals surface area (Å²) < 4.78 is 2.46. The molecule has 3 aromatic heterocycles. The van der Waals surface area contributed by atoms with Crippen LogP contribution in [0.1, 0.15) is 53.7 Å². The van der Waals surface area contributed by atoms with Gasteiger partial charge in [0.1, 0.15) is 23.4 Å². The number of aliphatic hydroxyl groups is 1. The van der Waals surface area contributed by atoms with E-state index < -0.39 is 5.54 Å². The number of aliphatic hydroxyl groups excluding tert-OH is 1. The number of anilines is 4. The van der Waals surface area contributed by atoms with E-state index in [1.807, 2.05) is 6.92 Å². The highest BCUT2D eigenvalue weighted by atomic mass is 16.5. The number of carbonyl (C=O) groups is 1. The number of amides is 1. The lowest BCUT2D eigenvalue weighted by atomic mass is 9.79. The van der Waals surface area contributed by atoms with Crippen molar-refractivity contribution in [3.8, 4) is 0 Å². The van der Waals surface area contributed by atoms with Gasteiger partial charge >= 0.3 is 0 Å². The molecule has 1 aliphatic carbocycles. The number of aryl methyl sites for hydroxylation is 1. The van der Waals surface area contributed by atoms with E-state index in [1.54, 1.807) is 29.1 Å². The number of fused-ring (bicyclic) bond motifs is 2. The Morgan fingerprint density at radius 3 is 2.70 bits per heavy atom. The molecule has 172 valence electrons. The third-order valence-electron chi connectivity index (χ3n) is 6.30. The van der Waals surface area contributed by atoms with Gasteiger partial charge in [0.2, 0.25) is 5.82 Å². The zero-order valence-electron chi connectivity index (χ0n) is 18.3. The lowest BCUT2D eigenvalue weighted by Crippen LogP contribution is -2.49. The second-order valence-corrected chi connectivity index (χ2v) is 8.55.